The standard InChI is InChI=1S/C12H19N3O/c1-12(2,3)7-11(16)15-9-5-6-10(13-4)14-8-9/h5-6,8H,7H2,1-4H3,(H,13,14)(H,15,16). The third-order valence-electron chi connectivity index (χ3n) is 1.99. The molecule has 0 spiro atoms. The molecule has 0 fully saturated rings. The van der Waals surface area contributed by atoms with Crippen LogP contribution in [0.2, 0.25) is 0 Å². The topological polar surface area (TPSA) is 54.0 Å². The van der Waals surface area contributed by atoms with Gasteiger partial charge in [-0.05, 0) is 17.5 Å². The number of rotatable bonds is 3. The maximum Gasteiger partial charge on any atom is 0.224 e. The minimum absolute atomic E-state index is 0.00241. The van der Waals surface area contributed by atoms with E-state index in [1.165, 1.54) is 0 Å². The number of pyridine rings is 1. The highest BCUT2D eigenvalue weighted by Gasteiger charge is 2.15. The summed E-state index contributed by atoms with van der Waals surface area (Å²) in [7, 11) is 1.81. The van der Waals surface area contributed by atoms with Crippen LogP contribution in [0.4, 0.5) is 11.5 Å². The Morgan fingerprint density at radius 3 is 2.50 bits per heavy atom. The van der Waals surface area contributed by atoms with Crippen molar-refractivity contribution in [3.05, 3.63) is 18.3 Å². The van der Waals surface area contributed by atoms with Crippen molar-refractivity contribution < 1.29 is 4.79 Å². The summed E-state index contributed by atoms with van der Waals surface area (Å²) >= 11 is 0. The van der Waals surface area contributed by atoms with Crippen molar-refractivity contribution >= 4 is 17.4 Å². The van der Waals surface area contributed by atoms with Gasteiger partial charge >= 0.3 is 0 Å². The fraction of sp³-hybridized carbons (Fsp3) is 0.500. The van der Waals surface area contributed by atoms with Crippen molar-refractivity contribution in [1.82, 2.24) is 4.98 Å². The number of nitrogens with zero attached hydrogens (tertiary/aromatic N) is 1. The largest absolute Gasteiger partial charge is 0.373 e. The predicted molar refractivity (Wildman–Crippen MR) is 66.5 cm³/mol. The lowest BCUT2D eigenvalue weighted by atomic mass is 9.92. The van der Waals surface area contributed by atoms with Crippen LogP contribution in [0.25, 0.3) is 0 Å². The van der Waals surface area contributed by atoms with E-state index < -0.39 is 0 Å². The number of hydrogen-bond donors (Lipinski definition) is 2. The monoisotopic (exact) mass is 221 g/mol. The highest BCUT2D eigenvalue weighted by Crippen LogP contribution is 2.19. The number of carbonyl (C=O) groups excluding carboxylic acids is 1. The molecule has 0 atom stereocenters. The highest BCUT2D eigenvalue weighted by atomic mass is 16.1. The van der Waals surface area contributed by atoms with E-state index in [1.54, 1.807) is 13.2 Å². The highest BCUT2D eigenvalue weighted by molar-refractivity contribution is 5.90. The molecule has 0 radical (unpaired) electrons. The Hall–Kier alpha value is -1.58. The lowest BCUT2D eigenvalue weighted by Gasteiger charge is -2.17. The summed E-state index contributed by atoms with van der Waals surface area (Å²) in [5, 5.41) is 5.74. The smallest absolute Gasteiger partial charge is 0.224 e. The maximum atomic E-state index is 11.6. The van der Waals surface area contributed by atoms with Gasteiger partial charge in [-0.2, -0.15) is 0 Å². The van der Waals surface area contributed by atoms with Crippen molar-refractivity contribution in [2.24, 2.45) is 5.41 Å². The van der Waals surface area contributed by atoms with Gasteiger partial charge in [0.15, 0.2) is 0 Å². The van der Waals surface area contributed by atoms with Crippen LogP contribution in [0, 0.1) is 5.41 Å². The quantitative estimate of drug-likeness (QED) is 0.824. The number of nitrogens with one attached hydrogen (secondary N) is 2. The lowest BCUT2D eigenvalue weighted by Crippen LogP contribution is -2.19. The molecule has 1 rings (SSSR count). The molecule has 0 saturated heterocycles. The van der Waals surface area contributed by atoms with E-state index in [1.807, 2.05) is 32.9 Å². The lowest BCUT2D eigenvalue weighted by molar-refractivity contribution is -0.117. The van der Waals surface area contributed by atoms with Crippen LogP contribution in [-0.2, 0) is 4.79 Å². The van der Waals surface area contributed by atoms with Crippen LogP contribution in [0.3, 0.4) is 0 Å². The van der Waals surface area contributed by atoms with E-state index in [2.05, 4.69) is 15.6 Å². The number of carbonyl (C=O) groups is 1. The van der Waals surface area contributed by atoms with Gasteiger partial charge in [0.1, 0.15) is 5.82 Å². The Balaban J connectivity index is 2.56. The average Bonchev–Trinajstić information content (AvgIpc) is 2.16. The van der Waals surface area contributed by atoms with Crippen LogP contribution in [0.15, 0.2) is 18.3 Å². The third kappa shape index (κ3) is 4.29. The molecule has 0 aliphatic carbocycles. The van der Waals surface area contributed by atoms with Crippen LogP contribution in [0.5, 0.6) is 0 Å². The summed E-state index contributed by atoms with van der Waals surface area (Å²) in [6.45, 7) is 6.11. The van der Waals surface area contributed by atoms with E-state index in [0.29, 0.717) is 6.42 Å². The van der Waals surface area contributed by atoms with Crippen molar-refractivity contribution in [3.63, 3.8) is 0 Å². The SMILES string of the molecule is CNc1ccc(NC(=O)CC(C)(C)C)cn1. The van der Waals surface area contributed by atoms with E-state index >= 15 is 0 Å². The first kappa shape index (κ1) is 12.5. The van der Waals surface area contributed by atoms with Crippen LogP contribution >= 0.6 is 0 Å². The van der Waals surface area contributed by atoms with E-state index in [4.69, 9.17) is 0 Å². The summed E-state index contributed by atoms with van der Waals surface area (Å²) in [6, 6.07) is 3.66. The zero-order valence-electron chi connectivity index (χ0n) is 10.3. The van der Waals surface area contributed by atoms with Gasteiger partial charge < -0.3 is 10.6 Å². The molecule has 0 bridgehead atoms. The molecule has 0 aliphatic heterocycles. The van der Waals surface area contributed by atoms with Gasteiger partial charge in [-0.25, -0.2) is 4.98 Å². The summed E-state index contributed by atoms with van der Waals surface area (Å²) in [4.78, 5) is 15.7. The number of aromatic nitrogens is 1. The third-order valence-corrected chi connectivity index (χ3v) is 1.99. The van der Waals surface area contributed by atoms with Crippen molar-refractivity contribution in [1.29, 1.82) is 0 Å². The number of amides is 1. The van der Waals surface area contributed by atoms with Gasteiger partial charge in [0.2, 0.25) is 5.91 Å². The van der Waals surface area contributed by atoms with Gasteiger partial charge in [0.25, 0.3) is 0 Å². The number of hydrogen-bond acceptors (Lipinski definition) is 3. The molecule has 16 heavy (non-hydrogen) atoms. The molecule has 88 valence electrons. The second kappa shape index (κ2) is 4.96. The van der Waals surface area contributed by atoms with E-state index in [-0.39, 0.29) is 11.3 Å². The summed E-state index contributed by atoms with van der Waals surface area (Å²) < 4.78 is 0. The molecule has 4 heteroatoms. The molecular formula is C12H19N3O. The normalized spacial score (nSPS) is 11.0. The Morgan fingerprint density at radius 1 is 1.38 bits per heavy atom. The van der Waals surface area contributed by atoms with Crippen LogP contribution in [-0.4, -0.2) is 17.9 Å². The molecule has 2 N–H and O–H groups in total. The molecule has 0 aliphatic rings. The Bertz CT molecular complexity index is 352. The van der Waals surface area contributed by atoms with Crippen LogP contribution in [0.1, 0.15) is 27.2 Å². The molecule has 1 aromatic rings. The minimum Gasteiger partial charge on any atom is -0.373 e. The van der Waals surface area contributed by atoms with Crippen LogP contribution < -0.4 is 10.6 Å². The molecule has 1 amide bonds. The molecule has 4 nitrogen and oxygen atoms in total. The molecule has 0 saturated carbocycles. The average molecular weight is 221 g/mol. The summed E-state index contributed by atoms with van der Waals surface area (Å²) in [6.07, 6.45) is 2.15. The zero-order valence-corrected chi connectivity index (χ0v) is 10.3. The molecule has 1 heterocycles. The Kier molecular flexibility index (Phi) is 3.88. The molecule has 0 aromatic carbocycles. The van der Waals surface area contributed by atoms with Gasteiger partial charge in [0, 0.05) is 13.5 Å². The van der Waals surface area contributed by atoms with Gasteiger partial charge in [-0.1, -0.05) is 20.8 Å². The van der Waals surface area contributed by atoms with Gasteiger partial charge in [0.05, 0.1) is 11.9 Å². The molecule has 0 unspecified atom stereocenters. The van der Waals surface area contributed by atoms with E-state index in [0.717, 1.165) is 11.5 Å². The fourth-order valence-corrected chi connectivity index (χ4v) is 1.30. The fourth-order valence-electron chi connectivity index (χ4n) is 1.30. The first-order chi connectivity index (χ1) is 7.40. The van der Waals surface area contributed by atoms with E-state index in [9.17, 15) is 4.79 Å². The van der Waals surface area contributed by atoms with Crippen molar-refractivity contribution in [3.8, 4) is 0 Å². The predicted octanol–water partition coefficient (Wildman–Crippen LogP) is 2.50. The summed E-state index contributed by atoms with van der Waals surface area (Å²) in [5.74, 6) is 0.806. The second-order valence-electron chi connectivity index (χ2n) is 4.97. The first-order valence-corrected chi connectivity index (χ1v) is 5.34. The summed E-state index contributed by atoms with van der Waals surface area (Å²) in [5.41, 5.74) is 0.732. The Morgan fingerprint density at radius 2 is 2.06 bits per heavy atom. The Labute approximate surface area is 96.5 Å². The molecular weight excluding hydrogens is 202 g/mol. The van der Waals surface area contributed by atoms with Gasteiger partial charge in [-0.15, -0.1) is 0 Å². The zero-order chi connectivity index (χ0) is 12.2. The second-order valence-corrected chi connectivity index (χ2v) is 4.97. The van der Waals surface area contributed by atoms with Gasteiger partial charge in [-0.3, -0.25) is 4.79 Å². The molecule has 1 aromatic heterocycles. The van der Waals surface area contributed by atoms with Crippen molar-refractivity contribution in [2.45, 2.75) is 27.2 Å². The minimum atomic E-state index is 0.00241. The first-order valence-electron chi connectivity index (χ1n) is 5.34. The van der Waals surface area contributed by atoms with Crippen molar-refractivity contribution in [2.75, 3.05) is 17.7 Å². The maximum absolute atomic E-state index is 11.6. The number of anilines is 2.